The second-order valence-electron chi connectivity index (χ2n) is 5.91. The Kier molecular flexibility index (Phi) is 5.43. The highest BCUT2D eigenvalue weighted by atomic mass is 35.5. The molecule has 2 heterocycles. The van der Waals surface area contributed by atoms with Crippen LogP contribution in [-0.2, 0) is 6.54 Å². The molecule has 0 spiro atoms. The van der Waals surface area contributed by atoms with E-state index in [-0.39, 0.29) is 11.6 Å². The summed E-state index contributed by atoms with van der Waals surface area (Å²) in [5, 5.41) is 14.6. The Morgan fingerprint density at radius 2 is 2.00 bits per heavy atom. The molecule has 0 aliphatic rings. The average molecular weight is 368 g/mol. The van der Waals surface area contributed by atoms with Crippen molar-refractivity contribution in [1.29, 1.82) is 0 Å². The predicted octanol–water partition coefficient (Wildman–Crippen LogP) is 3.82. The van der Waals surface area contributed by atoms with E-state index in [1.54, 1.807) is 24.5 Å². The van der Waals surface area contributed by atoms with Crippen molar-refractivity contribution in [3.05, 3.63) is 76.2 Å². The van der Waals surface area contributed by atoms with E-state index >= 15 is 0 Å². The van der Waals surface area contributed by atoms with E-state index < -0.39 is 0 Å². The number of anilines is 2. The summed E-state index contributed by atoms with van der Waals surface area (Å²) in [6.07, 6.45) is 3.39. The highest BCUT2D eigenvalue weighted by Crippen LogP contribution is 2.29. The second-order valence-corrected chi connectivity index (χ2v) is 6.32. The van der Waals surface area contributed by atoms with Crippen LogP contribution >= 0.6 is 11.6 Å². The number of hydrogen-bond donors (Lipinski definition) is 2. The van der Waals surface area contributed by atoms with Crippen LogP contribution in [0.2, 0.25) is 5.02 Å². The molecule has 0 unspecified atom stereocenters. The van der Waals surface area contributed by atoms with E-state index in [4.69, 9.17) is 11.6 Å². The zero-order chi connectivity index (χ0) is 18.5. The van der Waals surface area contributed by atoms with Gasteiger partial charge in [-0.15, -0.1) is 10.2 Å². The molecule has 0 saturated heterocycles. The van der Waals surface area contributed by atoms with Gasteiger partial charge in [0.15, 0.2) is 11.5 Å². The molecule has 26 heavy (non-hydrogen) atoms. The fraction of sp³-hybridized carbons (Fsp3) is 0.158. The normalized spacial score (nSPS) is 10.4. The van der Waals surface area contributed by atoms with E-state index in [2.05, 4.69) is 25.8 Å². The Morgan fingerprint density at radius 1 is 1.15 bits per heavy atom. The van der Waals surface area contributed by atoms with Gasteiger partial charge in [0, 0.05) is 18.9 Å². The lowest BCUT2D eigenvalue weighted by Gasteiger charge is -2.12. The Bertz CT molecular complexity index is 890. The van der Waals surface area contributed by atoms with Crippen LogP contribution < -0.4 is 10.6 Å². The number of carbonyl (C=O) groups excluding carboxylic acids is 1. The summed E-state index contributed by atoms with van der Waals surface area (Å²) in [6, 6.07) is 10.9. The van der Waals surface area contributed by atoms with Gasteiger partial charge in [-0.3, -0.25) is 9.78 Å². The zero-order valence-electron chi connectivity index (χ0n) is 14.5. The monoisotopic (exact) mass is 367 g/mol. The first-order valence-corrected chi connectivity index (χ1v) is 8.45. The van der Waals surface area contributed by atoms with Crippen molar-refractivity contribution in [3.8, 4) is 0 Å². The van der Waals surface area contributed by atoms with Gasteiger partial charge in [0.05, 0.1) is 10.7 Å². The Balaban J connectivity index is 1.66. The Labute approximate surface area is 156 Å². The predicted molar refractivity (Wildman–Crippen MR) is 102 cm³/mol. The van der Waals surface area contributed by atoms with Crippen LogP contribution in [0.3, 0.4) is 0 Å². The lowest BCUT2D eigenvalue weighted by Crippen LogP contribution is -2.24. The van der Waals surface area contributed by atoms with Crippen LogP contribution in [0.1, 0.15) is 27.2 Å². The van der Waals surface area contributed by atoms with Crippen LogP contribution in [0.4, 0.5) is 11.5 Å². The molecule has 0 saturated carbocycles. The molecule has 0 bridgehead atoms. The van der Waals surface area contributed by atoms with Gasteiger partial charge in [-0.1, -0.05) is 23.7 Å². The third kappa shape index (κ3) is 4.34. The maximum Gasteiger partial charge on any atom is 0.272 e. The van der Waals surface area contributed by atoms with E-state index in [9.17, 15) is 4.79 Å². The van der Waals surface area contributed by atoms with Gasteiger partial charge in [-0.25, -0.2) is 0 Å². The molecular weight excluding hydrogens is 350 g/mol. The number of pyridine rings is 1. The maximum atomic E-state index is 12.2. The molecular formula is C19H18ClN5O. The number of benzene rings is 1. The molecule has 0 atom stereocenters. The molecule has 1 amide bonds. The summed E-state index contributed by atoms with van der Waals surface area (Å²) in [6.45, 7) is 4.34. The van der Waals surface area contributed by atoms with Crippen molar-refractivity contribution in [3.63, 3.8) is 0 Å². The van der Waals surface area contributed by atoms with Gasteiger partial charge in [0.2, 0.25) is 0 Å². The summed E-state index contributed by atoms with van der Waals surface area (Å²) in [7, 11) is 0. The number of rotatable bonds is 5. The minimum atomic E-state index is -0.294. The summed E-state index contributed by atoms with van der Waals surface area (Å²) in [5.74, 6) is 0.222. The number of amides is 1. The molecule has 1 aromatic carbocycles. The fourth-order valence-corrected chi connectivity index (χ4v) is 2.87. The summed E-state index contributed by atoms with van der Waals surface area (Å²) >= 11 is 6.29. The third-order valence-electron chi connectivity index (χ3n) is 3.76. The number of nitrogens with zero attached hydrogens (tertiary/aromatic N) is 3. The smallest absolute Gasteiger partial charge is 0.272 e. The molecule has 132 valence electrons. The van der Waals surface area contributed by atoms with Crippen molar-refractivity contribution in [1.82, 2.24) is 20.5 Å². The summed E-state index contributed by atoms with van der Waals surface area (Å²) < 4.78 is 0. The number of halogens is 1. The number of aromatic nitrogens is 3. The molecule has 3 rings (SSSR count). The van der Waals surface area contributed by atoms with Crippen molar-refractivity contribution in [2.75, 3.05) is 5.32 Å². The van der Waals surface area contributed by atoms with Crippen molar-refractivity contribution in [2.45, 2.75) is 20.4 Å². The van der Waals surface area contributed by atoms with E-state index in [0.29, 0.717) is 17.4 Å². The number of carbonyl (C=O) groups is 1. The SMILES string of the molecule is Cc1cc(C)c(Nc2ccc(C(=O)NCc3cccnc3)nn2)c(Cl)c1. The molecule has 2 N–H and O–H groups in total. The quantitative estimate of drug-likeness (QED) is 0.716. The van der Waals surface area contributed by atoms with Crippen LogP contribution in [0, 0.1) is 13.8 Å². The molecule has 0 radical (unpaired) electrons. The van der Waals surface area contributed by atoms with Crippen LogP contribution in [0.15, 0.2) is 48.8 Å². The molecule has 6 nitrogen and oxygen atoms in total. The molecule has 0 aliphatic heterocycles. The number of nitrogens with one attached hydrogen (secondary N) is 2. The Morgan fingerprint density at radius 3 is 2.65 bits per heavy atom. The number of hydrogen-bond acceptors (Lipinski definition) is 5. The second kappa shape index (κ2) is 7.93. The minimum absolute atomic E-state index is 0.242. The Hall–Kier alpha value is -2.99. The first-order valence-electron chi connectivity index (χ1n) is 8.07. The first-order chi connectivity index (χ1) is 12.5. The fourth-order valence-electron chi connectivity index (χ4n) is 2.50. The maximum absolute atomic E-state index is 12.2. The lowest BCUT2D eigenvalue weighted by atomic mass is 10.1. The summed E-state index contributed by atoms with van der Waals surface area (Å²) in [5.41, 5.74) is 4.03. The molecule has 3 aromatic rings. The van der Waals surface area contributed by atoms with Crippen molar-refractivity contribution < 1.29 is 4.79 Å². The summed E-state index contributed by atoms with van der Waals surface area (Å²) in [4.78, 5) is 16.2. The van der Waals surface area contributed by atoms with Crippen LogP contribution in [0.25, 0.3) is 0 Å². The van der Waals surface area contributed by atoms with E-state index in [1.807, 2.05) is 38.1 Å². The van der Waals surface area contributed by atoms with Crippen LogP contribution in [-0.4, -0.2) is 21.1 Å². The molecule has 0 fully saturated rings. The van der Waals surface area contributed by atoms with Crippen LogP contribution in [0.5, 0.6) is 0 Å². The average Bonchev–Trinajstić information content (AvgIpc) is 2.64. The number of aryl methyl sites for hydroxylation is 2. The van der Waals surface area contributed by atoms with Crippen molar-refractivity contribution >= 4 is 29.0 Å². The van der Waals surface area contributed by atoms with E-state index in [1.165, 1.54) is 0 Å². The zero-order valence-corrected chi connectivity index (χ0v) is 15.2. The highest BCUT2D eigenvalue weighted by Gasteiger charge is 2.10. The topological polar surface area (TPSA) is 79.8 Å². The lowest BCUT2D eigenvalue weighted by molar-refractivity contribution is 0.0945. The van der Waals surface area contributed by atoms with Gasteiger partial charge in [0.1, 0.15) is 0 Å². The molecule has 2 aromatic heterocycles. The minimum Gasteiger partial charge on any atom is -0.347 e. The van der Waals surface area contributed by atoms with E-state index in [0.717, 1.165) is 22.4 Å². The molecule has 7 heteroatoms. The van der Waals surface area contributed by atoms with Gasteiger partial charge in [0.25, 0.3) is 5.91 Å². The van der Waals surface area contributed by atoms with Gasteiger partial charge in [-0.05, 0) is 54.8 Å². The molecule has 0 aliphatic carbocycles. The standard InChI is InChI=1S/C19H18ClN5O/c1-12-8-13(2)18(15(20)9-12)23-17-6-5-16(24-25-17)19(26)22-11-14-4-3-7-21-10-14/h3-10H,11H2,1-2H3,(H,22,26)(H,23,25). The van der Waals surface area contributed by atoms with Gasteiger partial charge >= 0.3 is 0 Å². The third-order valence-corrected chi connectivity index (χ3v) is 4.06. The highest BCUT2D eigenvalue weighted by molar-refractivity contribution is 6.33. The first kappa shape index (κ1) is 17.8. The largest absolute Gasteiger partial charge is 0.347 e. The van der Waals surface area contributed by atoms with Gasteiger partial charge < -0.3 is 10.6 Å². The van der Waals surface area contributed by atoms with Gasteiger partial charge in [-0.2, -0.15) is 0 Å². The van der Waals surface area contributed by atoms with Crippen molar-refractivity contribution in [2.24, 2.45) is 0 Å².